The van der Waals surface area contributed by atoms with Gasteiger partial charge in [-0.2, -0.15) is 0 Å². The zero-order valence-electron chi connectivity index (χ0n) is 2.52. The summed E-state index contributed by atoms with van der Waals surface area (Å²) in [6.45, 7) is 0.0653. The van der Waals surface area contributed by atoms with E-state index in [9.17, 15) is 0 Å². The molecule has 0 fully saturated rings. The van der Waals surface area contributed by atoms with Crippen molar-refractivity contribution in [3.8, 4) is 0 Å². The molecule has 3 atom stereocenters. The summed E-state index contributed by atoms with van der Waals surface area (Å²) in [6.07, 6.45) is 0. The van der Waals surface area contributed by atoms with Crippen molar-refractivity contribution in [2.24, 2.45) is 0 Å². The van der Waals surface area contributed by atoms with Gasteiger partial charge in [0.1, 0.15) is 0 Å². The van der Waals surface area contributed by atoms with Crippen LogP contribution >= 0.6 is 41.7 Å². The molecule has 0 aliphatic heterocycles. The van der Waals surface area contributed by atoms with E-state index in [0.717, 1.165) is 7.96 Å². The molecule has 0 aromatic rings. The maximum absolute atomic E-state index is 3.41. The molecule has 0 heterocycles. The molecule has 0 aliphatic carbocycles. The van der Waals surface area contributed by atoms with Gasteiger partial charge in [0, 0.05) is 0 Å². The fourth-order valence-corrected chi connectivity index (χ4v) is 0. The van der Waals surface area contributed by atoms with Crippen LogP contribution in [0.3, 0.4) is 0 Å². The van der Waals surface area contributed by atoms with Gasteiger partial charge in [-0.3, -0.25) is 0 Å². The van der Waals surface area contributed by atoms with Crippen molar-refractivity contribution >= 4 is 41.7 Å². The molecular weight excluding hydrogens is 155 g/mol. The highest BCUT2D eigenvalue weighted by Crippen LogP contribution is 2.71. The van der Waals surface area contributed by atoms with Gasteiger partial charge >= 0.3 is 0 Å². The predicted molar refractivity (Wildman–Crippen MR) is 41.6 cm³/mol. The van der Waals surface area contributed by atoms with Crippen LogP contribution in [0.15, 0.2) is 0 Å². The van der Waals surface area contributed by atoms with Crippen LogP contribution in [0.1, 0.15) is 0 Å². The van der Waals surface area contributed by atoms with Crippen molar-refractivity contribution in [3.63, 3.8) is 0 Å². The summed E-state index contributed by atoms with van der Waals surface area (Å²) in [5, 5.41) is 0. The predicted octanol–water partition coefficient (Wildman–Crippen LogP) is 2.97. The lowest BCUT2D eigenvalue weighted by Gasteiger charge is -1.90. The van der Waals surface area contributed by atoms with E-state index in [1.807, 2.05) is 0 Å². The van der Waals surface area contributed by atoms with Crippen LogP contribution in [-0.4, -0.2) is 0 Å². The van der Waals surface area contributed by atoms with Crippen LogP contribution in [-0.2, 0) is 0 Å². The van der Waals surface area contributed by atoms with Crippen LogP contribution < -0.4 is 0 Å². The minimum Gasteiger partial charge on any atom is -0.102 e. The first kappa shape index (κ1) is 7.15. The lowest BCUT2D eigenvalue weighted by molar-refractivity contribution is 5.07. The van der Waals surface area contributed by atoms with Gasteiger partial charge in [0.25, 0.3) is 0 Å². The number of hydrogen-bond acceptors (Lipinski definition) is 0. The van der Waals surface area contributed by atoms with Gasteiger partial charge in [-0.25, -0.2) is 0 Å². The van der Waals surface area contributed by atoms with Crippen molar-refractivity contribution in [3.05, 3.63) is 0 Å². The van der Waals surface area contributed by atoms with Crippen molar-refractivity contribution in [2.45, 2.75) is 0 Å². The van der Waals surface area contributed by atoms with Gasteiger partial charge in [0.2, 0.25) is 0 Å². The average Bonchev–Trinajstić information content (AvgIpc) is 1.38. The fourth-order valence-electron chi connectivity index (χ4n) is 0. The normalized spacial score (nSPS) is 12.0. The summed E-state index contributed by atoms with van der Waals surface area (Å²) >= 11 is 0. The van der Waals surface area contributed by atoms with Gasteiger partial charge in [0.05, 0.1) is 0 Å². The summed E-state index contributed by atoms with van der Waals surface area (Å²) < 4.78 is 0. The van der Waals surface area contributed by atoms with Gasteiger partial charge in [0.15, 0.2) is 0 Å². The second-order valence-corrected chi connectivity index (χ2v) is 13.0. The van der Waals surface area contributed by atoms with Crippen LogP contribution in [0.4, 0.5) is 0 Å². The Morgan fingerprint density at radius 2 is 2.00 bits per heavy atom. The molecule has 0 N–H and O–H groups in total. The summed E-state index contributed by atoms with van der Waals surface area (Å²) in [6, 6.07) is 0. The number of rotatable bonds is 1. The second-order valence-electron chi connectivity index (χ2n) is 0.482. The maximum Gasteiger partial charge on any atom is -0.0345 e. The molecule has 0 aromatic carbocycles. The fraction of sp³-hybridized carbons (Fsp3) is 0. The highest BCUT2D eigenvalue weighted by atomic mass is 32.8. The Bertz CT molecular complexity index is 14.0. The van der Waals surface area contributed by atoms with Gasteiger partial charge in [-0.1, -0.05) is 25.8 Å². The third-order valence-corrected chi connectivity index (χ3v) is 9.76. The van der Waals surface area contributed by atoms with Crippen LogP contribution in [0.5, 0.6) is 0 Å². The smallest absolute Gasteiger partial charge is 0.0345 e. The van der Waals surface area contributed by atoms with Gasteiger partial charge in [-0.15, -0.1) is 8.93 Å². The third kappa shape index (κ3) is 6.15. The molecule has 0 nitrogen and oxygen atoms in total. The van der Waals surface area contributed by atoms with E-state index in [0.29, 0.717) is 0 Å². The monoisotopic (exact) mass is 160 g/mol. The van der Waals surface area contributed by atoms with E-state index in [4.69, 9.17) is 0 Å². The summed E-state index contributed by atoms with van der Waals surface area (Å²) in [7, 11) is 10.3. The molecule has 0 bridgehead atoms. The Kier molecular flexibility index (Phi) is 6.17. The Balaban J connectivity index is 2.54. The highest BCUT2D eigenvalue weighted by molar-refractivity contribution is 8.77. The van der Waals surface area contributed by atoms with Crippen LogP contribution in [0.2, 0.25) is 0 Å². The minimum absolute atomic E-state index is 0.0653. The molecule has 0 rings (SSSR count). The minimum atomic E-state index is 0.0653. The zero-order chi connectivity index (χ0) is 4.28. The molecule has 0 saturated heterocycles. The van der Waals surface area contributed by atoms with Crippen LogP contribution in [0.25, 0.3) is 0 Å². The Labute approximate surface area is 42.4 Å². The molecule has 5 heteroatoms. The lowest BCUT2D eigenvalue weighted by atomic mass is 29.1. The number of hydrogen-bond donors (Lipinski definition) is 0. The molecule has 0 spiro atoms. The SMILES string of the molecule is [PH]PP([PH])P. The topological polar surface area (TPSA) is 0 Å². The largest absolute Gasteiger partial charge is 0.102 e. The Hall–Kier alpha value is 2.15. The molecule has 3 unspecified atom stereocenters. The molecule has 2 radical (unpaired) electrons. The lowest BCUT2D eigenvalue weighted by Crippen LogP contribution is -0.986. The van der Waals surface area contributed by atoms with E-state index in [2.05, 4.69) is 26.8 Å². The van der Waals surface area contributed by atoms with Crippen molar-refractivity contribution in [1.82, 2.24) is 0 Å². The molecule has 0 saturated carbocycles. The molecular formula is H5P5. The quantitative estimate of drug-likeness (QED) is 0.517. The zero-order valence-corrected chi connectivity index (χ0v) is 7.57. The average molecular weight is 160 g/mol. The summed E-state index contributed by atoms with van der Waals surface area (Å²) in [5.74, 6) is 0. The highest BCUT2D eigenvalue weighted by Gasteiger charge is 1.79. The van der Waals surface area contributed by atoms with Gasteiger partial charge in [-0.05, 0) is 6.99 Å². The van der Waals surface area contributed by atoms with E-state index in [1.54, 1.807) is 0 Å². The summed E-state index contributed by atoms with van der Waals surface area (Å²) in [4.78, 5) is 0. The van der Waals surface area contributed by atoms with Gasteiger partial charge < -0.3 is 0 Å². The van der Waals surface area contributed by atoms with Crippen LogP contribution in [0, 0.1) is 0 Å². The van der Waals surface area contributed by atoms with Crippen molar-refractivity contribution in [2.75, 3.05) is 0 Å². The standard InChI is InChI=1S/H5P5/c1-4-5(2)3/h1-2,4H,3H2. The van der Waals surface area contributed by atoms with E-state index >= 15 is 0 Å². The molecule has 0 aromatic heterocycles. The maximum atomic E-state index is 3.41. The molecule has 5 heavy (non-hydrogen) atoms. The van der Waals surface area contributed by atoms with E-state index < -0.39 is 0 Å². The third-order valence-electron chi connectivity index (χ3n) is 0.120. The Morgan fingerprint density at radius 1 is 1.80 bits per heavy atom. The first-order valence-corrected chi connectivity index (χ1v) is 8.60. The van der Waals surface area contributed by atoms with E-state index in [-0.39, 0.29) is 6.99 Å². The molecule has 30 valence electrons. The summed E-state index contributed by atoms with van der Waals surface area (Å²) in [5.41, 5.74) is 0. The first-order chi connectivity index (χ1) is 2.27. The Morgan fingerprint density at radius 3 is 2.00 bits per heavy atom. The van der Waals surface area contributed by atoms with Crippen molar-refractivity contribution in [1.29, 1.82) is 0 Å². The van der Waals surface area contributed by atoms with Crippen molar-refractivity contribution < 1.29 is 0 Å². The molecule has 0 amide bonds. The second kappa shape index (κ2) is 4.31. The van der Waals surface area contributed by atoms with E-state index in [1.165, 1.54) is 0 Å². The first-order valence-electron chi connectivity index (χ1n) is 0.955. The molecule has 0 aliphatic rings.